The van der Waals surface area contributed by atoms with Crippen molar-refractivity contribution in [2.24, 2.45) is 0 Å². The van der Waals surface area contributed by atoms with E-state index >= 15 is 0 Å². The van der Waals surface area contributed by atoms with Gasteiger partial charge in [0.25, 0.3) is 0 Å². The monoisotopic (exact) mass is 1000 g/mol. The van der Waals surface area contributed by atoms with Crippen LogP contribution in [-0.4, -0.2) is 323 Å². The SMILES string of the molecule is CO[C@H]1OC(CO[C@@H]2O[C@H](COC3OC(CO[C@@H]4O[C@H](COC5OC(CO[C@@H]6O[C@H](CO)C(O)[C@H](O)C6O)[C@@H](O)C(O)C5=O)C(O)[C@H](O)C4O)[C@@H](O)C(O)[C@H]3O)C(O)[C@H](O)C2O)[C@@H](O)C(O)[C@H]1O. The fourth-order valence-corrected chi connectivity index (χ4v) is 8.05. The van der Waals surface area contributed by atoms with Gasteiger partial charge in [0.15, 0.2) is 31.5 Å². The van der Waals surface area contributed by atoms with E-state index in [1.165, 1.54) is 0 Å². The number of ketones is 1. The molecule has 6 aliphatic rings. The first-order chi connectivity index (χ1) is 32.1. The van der Waals surface area contributed by atoms with Crippen molar-refractivity contribution in [3.8, 4) is 0 Å². The highest BCUT2D eigenvalue weighted by Crippen LogP contribution is 2.31. The van der Waals surface area contributed by atoms with Crippen molar-refractivity contribution >= 4 is 5.78 Å². The number of ether oxygens (including phenoxy) is 12. The molecule has 0 spiro atoms. The zero-order chi connectivity index (χ0) is 50.0. The zero-order valence-electron chi connectivity index (χ0n) is 35.8. The summed E-state index contributed by atoms with van der Waals surface area (Å²) in [5.41, 5.74) is 0. The van der Waals surface area contributed by atoms with Crippen LogP contribution in [0.4, 0.5) is 0 Å². The zero-order valence-corrected chi connectivity index (χ0v) is 35.8. The van der Waals surface area contributed by atoms with Gasteiger partial charge in [-0.05, 0) is 0 Å². The van der Waals surface area contributed by atoms with Crippen LogP contribution in [0.25, 0.3) is 0 Å². The van der Waals surface area contributed by atoms with E-state index < -0.39 is 224 Å². The van der Waals surface area contributed by atoms with E-state index in [2.05, 4.69) is 0 Å². The molecular weight excluding hydrogens is 940 g/mol. The lowest BCUT2D eigenvalue weighted by atomic mass is 9.97. The van der Waals surface area contributed by atoms with Gasteiger partial charge >= 0.3 is 0 Å². The van der Waals surface area contributed by atoms with Gasteiger partial charge in [-0.15, -0.1) is 0 Å². The molecule has 6 heterocycles. The molecule has 6 aliphatic heterocycles. The molecule has 6 fully saturated rings. The van der Waals surface area contributed by atoms with Crippen LogP contribution in [0.5, 0.6) is 0 Å². The molecule has 31 heteroatoms. The number of methoxy groups -OCH3 is 1. The maximum absolute atomic E-state index is 12.8. The molecule has 14 unspecified atom stereocenters. The lowest BCUT2D eigenvalue weighted by molar-refractivity contribution is -0.348. The number of Topliss-reactive ketones (excluding diaryl/α,β-unsaturated/α-hetero) is 1. The van der Waals surface area contributed by atoms with Crippen molar-refractivity contribution in [2.45, 2.75) is 178 Å². The minimum absolute atomic E-state index is 0.609. The van der Waals surface area contributed by atoms with Gasteiger partial charge in [-0.25, -0.2) is 0 Å². The molecule has 0 aromatic heterocycles. The second-order valence-electron chi connectivity index (χ2n) is 17.0. The average molecular weight is 1000 g/mol. The standard InChI is InChI=1S/C37H62O31/c1-57-32-26(51)21(46)15(40)9(64-32)3-59-34-28(53)23(48)17(42)11(66-34)5-61-36-30(55)25(50)19(44)13(68-36)7-62-37-31(56)24(49)18(43)12(67-37)6-60-35-29(54)22(47)16(41)10(65-35)4-58-33-27(52)20(45)14(39)8(2-38)63-33/h8-28,30-53,55-56H,2-7H2,1H3/t8-,9?,10?,11-,12-,13?,14?,15-,16-,17?,18?,19-,20+,21?,22?,23+,24+,25?,26-,27?,28?,30-,31?,32+,33-,34-,35?,36?,37-/m1/s1. The number of aliphatic hydroxyl groups is 18. The van der Waals surface area contributed by atoms with Crippen molar-refractivity contribution in [3.05, 3.63) is 0 Å². The quantitative estimate of drug-likeness (QED) is 0.0643. The number of carbonyl (C=O) groups is 1. The summed E-state index contributed by atoms with van der Waals surface area (Å²) in [6.07, 6.45) is -51.7. The Labute approximate surface area is 384 Å². The van der Waals surface area contributed by atoms with Gasteiger partial charge in [-0.1, -0.05) is 0 Å². The summed E-state index contributed by atoms with van der Waals surface area (Å²) in [5.74, 6) is -1.22. The summed E-state index contributed by atoms with van der Waals surface area (Å²) >= 11 is 0. The van der Waals surface area contributed by atoms with Gasteiger partial charge in [-0.2, -0.15) is 0 Å². The Bertz CT molecular complexity index is 1570. The van der Waals surface area contributed by atoms with Crippen LogP contribution in [0.15, 0.2) is 0 Å². The van der Waals surface area contributed by atoms with Gasteiger partial charge in [0, 0.05) is 7.11 Å². The summed E-state index contributed by atoms with van der Waals surface area (Å²) in [4.78, 5) is 12.8. The van der Waals surface area contributed by atoms with Crippen LogP contribution >= 0.6 is 0 Å². The summed E-state index contributed by atoms with van der Waals surface area (Å²) < 4.78 is 65.0. The minimum Gasteiger partial charge on any atom is -0.394 e. The molecule has 29 atom stereocenters. The normalized spacial score (nSPS) is 51.7. The van der Waals surface area contributed by atoms with Gasteiger partial charge in [0.05, 0.1) is 39.6 Å². The highest BCUT2D eigenvalue weighted by Gasteiger charge is 2.52. The van der Waals surface area contributed by atoms with Crippen LogP contribution in [0.2, 0.25) is 0 Å². The third-order valence-electron chi connectivity index (χ3n) is 12.4. The number of carbonyl (C=O) groups excluding carboxylic acids is 1. The van der Waals surface area contributed by atoms with Crippen LogP contribution in [-0.2, 0) is 61.6 Å². The predicted octanol–water partition coefficient (Wildman–Crippen LogP) is -13.2. The van der Waals surface area contributed by atoms with Crippen LogP contribution in [0.1, 0.15) is 0 Å². The fraction of sp³-hybridized carbons (Fsp3) is 0.973. The van der Waals surface area contributed by atoms with E-state index in [0.29, 0.717) is 0 Å². The Kier molecular flexibility index (Phi) is 19.7. The van der Waals surface area contributed by atoms with E-state index in [-0.39, 0.29) is 0 Å². The fourth-order valence-electron chi connectivity index (χ4n) is 8.05. The Morgan fingerprint density at radius 2 is 0.603 bits per heavy atom. The van der Waals surface area contributed by atoms with Crippen LogP contribution in [0, 0.1) is 0 Å². The molecule has 0 aromatic rings. The Morgan fingerprint density at radius 1 is 0.338 bits per heavy atom. The third kappa shape index (κ3) is 11.9. The van der Waals surface area contributed by atoms with Gasteiger partial charge in [0.1, 0.15) is 140 Å². The lowest BCUT2D eigenvalue weighted by Gasteiger charge is -2.44. The first-order valence-corrected chi connectivity index (χ1v) is 21.4. The number of hydrogen-bond donors (Lipinski definition) is 18. The Balaban J connectivity index is 1.01. The molecule has 6 saturated heterocycles. The molecule has 6 rings (SSSR count). The molecule has 0 amide bonds. The van der Waals surface area contributed by atoms with Gasteiger partial charge < -0.3 is 149 Å². The summed E-state index contributed by atoms with van der Waals surface area (Å²) in [5, 5.41) is 187. The van der Waals surface area contributed by atoms with Crippen molar-refractivity contribution < 1.29 is 154 Å². The Hall–Kier alpha value is -1.53. The summed E-state index contributed by atoms with van der Waals surface area (Å²) in [6.45, 7) is -4.52. The molecule has 31 nitrogen and oxygen atoms in total. The van der Waals surface area contributed by atoms with Crippen LogP contribution < -0.4 is 0 Å². The highest BCUT2D eigenvalue weighted by atomic mass is 16.8. The van der Waals surface area contributed by atoms with Crippen LogP contribution in [0.3, 0.4) is 0 Å². The third-order valence-corrected chi connectivity index (χ3v) is 12.4. The second kappa shape index (κ2) is 24.0. The number of aliphatic hydroxyl groups excluding tert-OH is 18. The maximum Gasteiger partial charge on any atom is 0.221 e. The van der Waals surface area contributed by atoms with Crippen molar-refractivity contribution in [2.75, 3.05) is 46.8 Å². The molecule has 68 heavy (non-hydrogen) atoms. The first kappa shape index (κ1) is 55.8. The van der Waals surface area contributed by atoms with E-state index in [1.54, 1.807) is 0 Å². The van der Waals surface area contributed by atoms with E-state index in [0.717, 1.165) is 7.11 Å². The summed E-state index contributed by atoms with van der Waals surface area (Å²) in [6, 6.07) is 0. The number of hydrogen-bond acceptors (Lipinski definition) is 31. The van der Waals surface area contributed by atoms with Gasteiger partial charge in [0.2, 0.25) is 12.1 Å². The largest absolute Gasteiger partial charge is 0.394 e. The Morgan fingerprint density at radius 3 is 0.926 bits per heavy atom. The molecule has 0 aromatic carbocycles. The molecule has 0 saturated carbocycles. The van der Waals surface area contributed by atoms with Gasteiger partial charge in [-0.3, -0.25) is 4.79 Å². The number of rotatable bonds is 17. The summed E-state index contributed by atoms with van der Waals surface area (Å²) in [7, 11) is 1.16. The molecule has 18 N–H and O–H groups in total. The minimum atomic E-state index is -2.14. The predicted molar refractivity (Wildman–Crippen MR) is 203 cm³/mol. The van der Waals surface area contributed by atoms with Crippen molar-refractivity contribution in [1.82, 2.24) is 0 Å². The second-order valence-corrected chi connectivity index (χ2v) is 17.0. The molecule has 0 radical (unpaired) electrons. The van der Waals surface area contributed by atoms with Crippen molar-refractivity contribution in [3.63, 3.8) is 0 Å². The molecule has 0 aliphatic carbocycles. The van der Waals surface area contributed by atoms with E-state index in [9.17, 15) is 96.7 Å². The van der Waals surface area contributed by atoms with Crippen molar-refractivity contribution in [1.29, 1.82) is 0 Å². The molecular formula is C37H62O31. The topological polar surface area (TPSA) is 492 Å². The van der Waals surface area contributed by atoms with E-state index in [4.69, 9.17) is 56.8 Å². The first-order valence-electron chi connectivity index (χ1n) is 21.4. The average Bonchev–Trinajstić information content (AvgIpc) is 3.33. The van der Waals surface area contributed by atoms with E-state index in [1.807, 2.05) is 0 Å². The highest BCUT2D eigenvalue weighted by molar-refractivity contribution is 5.87. The lowest BCUT2D eigenvalue weighted by Crippen LogP contribution is -2.63. The molecule has 396 valence electrons. The molecule has 0 bridgehead atoms. The smallest absolute Gasteiger partial charge is 0.221 e. The maximum atomic E-state index is 12.8.